The van der Waals surface area contributed by atoms with E-state index in [9.17, 15) is 4.79 Å². The van der Waals surface area contributed by atoms with Crippen molar-refractivity contribution in [3.8, 4) is 0 Å². The van der Waals surface area contributed by atoms with Crippen LogP contribution in [0.15, 0.2) is 24.5 Å². The zero-order valence-corrected chi connectivity index (χ0v) is 8.21. The normalized spacial score (nSPS) is 8.50. The lowest BCUT2D eigenvalue weighted by Gasteiger charge is -1.95. The summed E-state index contributed by atoms with van der Waals surface area (Å²) in [6, 6.07) is 3.48. The summed E-state index contributed by atoms with van der Waals surface area (Å²) in [5.41, 5.74) is 2.61. The van der Waals surface area contributed by atoms with Gasteiger partial charge in [-0.3, -0.25) is 10.2 Å². The lowest BCUT2D eigenvalue weighted by atomic mass is 10.3. The number of hydrogen-bond donors (Lipinski definition) is 2. The van der Waals surface area contributed by atoms with Crippen LogP contribution in [0.1, 0.15) is 10.4 Å². The molecule has 12 heavy (non-hydrogen) atoms. The predicted molar refractivity (Wildman–Crippen MR) is 39.3 cm³/mol. The largest absolute Gasteiger partial charge is 1.00 e. The Morgan fingerprint density at radius 3 is 2.83 bits per heavy atom. The zero-order chi connectivity index (χ0) is 8.27. The fraction of sp³-hybridized carbons (Fsp3) is 0.143. The topological polar surface area (TPSA) is 59.0 Å². The van der Waals surface area contributed by atoms with Crippen molar-refractivity contribution >= 4 is 5.91 Å². The molecule has 0 aliphatic carbocycles. The minimum atomic E-state index is -0.277. The van der Waals surface area contributed by atoms with Gasteiger partial charge in [-0.2, -0.15) is 0 Å². The SMILES string of the molecule is C[n+]1cccc(C(=O)NN)c1.[Br-]. The van der Waals surface area contributed by atoms with Gasteiger partial charge in [0.2, 0.25) is 0 Å². The molecule has 4 nitrogen and oxygen atoms in total. The molecule has 0 saturated carbocycles. The van der Waals surface area contributed by atoms with Gasteiger partial charge in [0.15, 0.2) is 12.4 Å². The Kier molecular flexibility index (Phi) is 4.46. The highest BCUT2D eigenvalue weighted by Gasteiger charge is 2.05. The van der Waals surface area contributed by atoms with Gasteiger partial charge in [0, 0.05) is 6.07 Å². The van der Waals surface area contributed by atoms with Crippen LogP contribution in [-0.4, -0.2) is 5.91 Å². The summed E-state index contributed by atoms with van der Waals surface area (Å²) in [5, 5.41) is 0. The van der Waals surface area contributed by atoms with Crippen LogP contribution in [0.25, 0.3) is 0 Å². The van der Waals surface area contributed by atoms with E-state index in [1.165, 1.54) is 0 Å². The van der Waals surface area contributed by atoms with Gasteiger partial charge in [0.1, 0.15) is 12.6 Å². The van der Waals surface area contributed by atoms with Gasteiger partial charge in [-0.25, -0.2) is 10.4 Å². The Labute approximate surface area is 81.1 Å². The number of rotatable bonds is 1. The van der Waals surface area contributed by atoms with E-state index in [2.05, 4.69) is 5.43 Å². The third-order valence-corrected chi connectivity index (χ3v) is 1.33. The van der Waals surface area contributed by atoms with E-state index >= 15 is 0 Å². The second-order valence-electron chi connectivity index (χ2n) is 2.23. The summed E-state index contributed by atoms with van der Waals surface area (Å²) < 4.78 is 1.78. The van der Waals surface area contributed by atoms with Crippen LogP contribution in [0.3, 0.4) is 0 Å². The Bertz CT molecular complexity index is 277. The minimum absolute atomic E-state index is 0. The molecule has 0 saturated heterocycles. The molecule has 0 aromatic carbocycles. The Morgan fingerprint density at radius 1 is 1.67 bits per heavy atom. The van der Waals surface area contributed by atoms with Crippen molar-refractivity contribution in [1.29, 1.82) is 0 Å². The summed E-state index contributed by atoms with van der Waals surface area (Å²) in [7, 11) is 1.84. The number of nitrogens with zero attached hydrogens (tertiary/aromatic N) is 1. The molecule has 1 rings (SSSR count). The number of pyridine rings is 1. The molecule has 0 unspecified atom stereocenters. The second kappa shape index (κ2) is 4.84. The van der Waals surface area contributed by atoms with Crippen molar-refractivity contribution in [3.05, 3.63) is 30.1 Å². The van der Waals surface area contributed by atoms with Crippen molar-refractivity contribution in [1.82, 2.24) is 5.43 Å². The molecular weight excluding hydrogens is 222 g/mol. The van der Waals surface area contributed by atoms with E-state index in [4.69, 9.17) is 5.84 Å². The highest BCUT2D eigenvalue weighted by Crippen LogP contribution is 1.91. The highest BCUT2D eigenvalue weighted by molar-refractivity contribution is 5.93. The number of carbonyl (C=O) groups excluding carboxylic acids is 1. The second-order valence-corrected chi connectivity index (χ2v) is 2.23. The fourth-order valence-electron chi connectivity index (χ4n) is 0.806. The van der Waals surface area contributed by atoms with Crippen LogP contribution < -0.4 is 32.8 Å². The number of nitrogen functional groups attached to an aromatic ring is 1. The monoisotopic (exact) mass is 231 g/mol. The van der Waals surface area contributed by atoms with Gasteiger partial charge in [-0.1, -0.05) is 0 Å². The molecule has 0 bridgehead atoms. The van der Waals surface area contributed by atoms with E-state index in [0.717, 1.165) is 0 Å². The van der Waals surface area contributed by atoms with E-state index in [1.54, 1.807) is 22.9 Å². The number of hydrazine groups is 1. The number of aryl methyl sites for hydroxylation is 1. The summed E-state index contributed by atoms with van der Waals surface area (Å²) in [4.78, 5) is 10.9. The molecule has 0 aliphatic heterocycles. The van der Waals surface area contributed by atoms with E-state index in [0.29, 0.717) is 5.56 Å². The average Bonchev–Trinajstić information content (AvgIpc) is 2.03. The molecule has 1 aromatic heterocycles. The van der Waals surface area contributed by atoms with Crippen molar-refractivity contribution < 1.29 is 26.3 Å². The minimum Gasteiger partial charge on any atom is -1.00 e. The maximum absolute atomic E-state index is 10.9. The molecule has 0 radical (unpaired) electrons. The van der Waals surface area contributed by atoms with Crippen molar-refractivity contribution in [2.75, 3.05) is 0 Å². The first kappa shape index (κ1) is 11.1. The highest BCUT2D eigenvalue weighted by atomic mass is 79.9. The van der Waals surface area contributed by atoms with Crippen LogP contribution >= 0.6 is 0 Å². The molecule has 0 spiro atoms. The van der Waals surface area contributed by atoms with Gasteiger partial charge in [-0.15, -0.1) is 0 Å². The summed E-state index contributed by atoms with van der Waals surface area (Å²) in [6.07, 6.45) is 3.54. The summed E-state index contributed by atoms with van der Waals surface area (Å²) in [6.45, 7) is 0. The number of halogens is 1. The standard InChI is InChI=1S/C7H9N3O.BrH/c1-10-4-2-3-6(5-10)7(11)9-8;/h2-5H,8H2,1H3;1H. The lowest BCUT2D eigenvalue weighted by molar-refractivity contribution is -0.671. The first-order valence-corrected chi connectivity index (χ1v) is 3.20. The molecule has 3 N–H and O–H groups in total. The smallest absolute Gasteiger partial charge is 0.271 e. The van der Waals surface area contributed by atoms with Gasteiger partial charge in [0.25, 0.3) is 5.91 Å². The number of hydrogen-bond acceptors (Lipinski definition) is 2. The number of nitrogens with two attached hydrogens (primary N) is 1. The third-order valence-electron chi connectivity index (χ3n) is 1.33. The molecular formula is C7H10BrN3O. The maximum Gasteiger partial charge on any atom is 0.271 e. The van der Waals surface area contributed by atoms with E-state index in [1.807, 2.05) is 13.2 Å². The molecule has 1 heterocycles. The number of aromatic nitrogens is 1. The number of amides is 1. The van der Waals surface area contributed by atoms with Crippen molar-refractivity contribution in [3.63, 3.8) is 0 Å². The van der Waals surface area contributed by atoms with Crippen LogP contribution in [0.5, 0.6) is 0 Å². The van der Waals surface area contributed by atoms with Crippen LogP contribution in [0.2, 0.25) is 0 Å². The lowest BCUT2D eigenvalue weighted by Crippen LogP contribution is -3.00. The Morgan fingerprint density at radius 2 is 2.33 bits per heavy atom. The average molecular weight is 232 g/mol. The zero-order valence-electron chi connectivity index (χ0n) is 6.62. The first-order valence-electron chi connectivity index (χ1n) is 3.20. The van der Waals surface area contributed by atoms with Gasteiger partial charge in [-0.05, 0) is 6.07 Å². The number of nitrogens with one attached hydrogen (secondary N) is 1. The van der Waals surface area contributed by atoms with Crippen LogP contribution in [0, 0.1) is 0 Å². The van der Waals surface area contributed by atoms with E-state index < -0.39 is 0 Å². The van der Waals surface area contributed by atoms with Gasteiger partial charge >= 0.3 is 0 Å². The Hall–Kier alpha value is -0.940. The van der Waals surface area contributed by atoms with Gasteiger partial charge < -0.3 is 17.0 Å². The quantitative estimate of drug-likeness (QED) is 0.225. The van der Waals surface area contributed by atoms with Crippen molar-refractivity contribution in [2.24, 2.45) is 12.9 Å². The van der Waals surface area contributed by atoms with E-state index in [-0.39, 0.29) is 22.9 Å². The number of carbonyl (C=O) groups is 1. The predicted octanol–water partition coefficient (Wildman–Crippen LogP) is -3.88. The molecule has 5 heteroatoms. The molecule has 1 aromatic rings. The summed E-state index contributed by atoms with van der Waals surface area (Å²) in [5.74, 6) is 4.67. The fourth-order valence-corrected chi connectivity index (χ4v) is 0.806. The summed E-state index contributed by atoms with van der Waals surface area (Å²) >= 11 is 0. The van der Waals surface area contributed by atoms with Crippen LogP contribution in [0.4, 0.5) is 0 Å². The first-order chi connectivity index (χ1) is 5.24. The molecule has 0 fully saturated rings. The van der Waals surface area contributed by atoms with Crippen LogP contribution in [-0.2, 0) is 7.05 Å². The molecule has 0 atom stereocenters. The molecule has 1 amide bonds. The molecule has 66 valence electrons. The van der Waals surface area contributed by atoms with Gasteiger partial charge in [0.05, 0.1) is 0 Å². The molecule has 0 aliphatic rings. The third kappa shape index (κ3) is 2.60. The maximum atomic E-state index is 10.9. The van der Waals surface area contributed by atoms with Crippen molar-refractivity contribution in [2.45, 2.75) is 0 Å². The Balaban J connectivity index is 0.00000121.